The van der Waals surface area contributed by atoms with Crippen molar-refractivity contribution in [2.24, 2.45) is 5.92 Å². The lowest BCUT2D eigenvalue weighted by atomic mass is 10.0. The van der Waals surface area contributed by atoms with Gasteiger partial charge >= 0.3 is 0 Å². The van der Waals surface area contributed by atoms with E-state index in [1.54, 1.807) is 0 Å². The number of nitrogens with zero attached hydrogens (tertiary/aromatic N) is 3. The molecule has 0 saturated heterocycles. The van der Waals surface area contributed by atoms with E-state index in [9.17, 15) is 14.3 Å². The van der Waals surface area contributed by atoms with Crippen LogP contribution in [0.5, 0.6) is 0 Å². The number of anilines is 1. The van der Waals surface area contributed by atoms with Crippen molar-refractivity contribution < 1.29 is 9.50 Å². The van der Waals surface area contributed by atoms with Crippen molar-refractivity contribution in [1.82, 2.24) is 19.5 Å². The Bertz CT molecular complexity index is 737. The first kappa shape index (κ1) is 12.8. The zero-order valence-corrected chi connectivity index (χ0v) is 10.6. The minimum atomic E-state index is -1.21. The van der Waals surface area contributed by atoms with E-state index in [1.165, 1.54) is 10.9 Å². The van der Waals surface area contributed by atoms with Crippen LogP contribution >= 0.6 is 0 Å². The van der Waals surface area contributed by atoms with Crippen LogP contribution < -0.4 is 11.3 Å². The van der Waals surface area contributed by atoms with E-state index in [0.717, 1.165) is 0 Å². The van der Waals surface area contributed by atoms with Crippen LogP contribution in [0.3, 0.4) is 0 Å². The number of nitrogens with two attached hydrogens (primary N) is 1. The maximum Gasteiger partial charge on any atom is 0.280 e. The SMILES string of the molecule is C=C1C(CO)C[C@H](F)C1n1cnc2c(=O)[nH]c(N)nc21. The number of fused-ring (bicyclic) bond motifs is 1. The molecule has 0 amide bonds. The molecule has 0 aromatic carbocycles. The standard InChI is InChI=1S/C12H14FN5O2/c1-5-6(3-19)2-7(13)9(5)18-4-15-8-10(18)16-12(14)17-11(8)20/h4,6-7,9,19H,1-3H2,(H3,14,16,17,20)/t6?,7-,9?/m0/s1. The Labute approximate surface area is 113 Å². The molecule has 2 unspecified atom stereocenters. The van der Waals surface area contributed by atoms with E-state index >= 15 is 0 Å². The summed E-state index contributed by atoms with van der Waals surface area (Å²) in [6.45, 7) is 3.70. The molecule has 2 heterocycles. The second-order valence-electron chi connectivity index (χ2n) is 4.93. The van der Waals surface area contributed by atoms with Crippen LogP contribution in [0.4, 0.5) is 10.3 Å². The highest BCUT2D eigenvalue weighted by Gasteiger charge is 2.39. The number of aromatic nitrogens is 4. The highest BCUT2D eigenvalue weighted by molar-refractivity contribution is 5.71. The number of imidazole rings is 1. The summed E-state index contributed by atoms with van der Waals surface area (Å²) in [5.74, 6) is -0.353. The van der Waals surface area contributed by atoms with Crippen molar-refractivity contribution in [3.05, 3.63) is 28.8 Å². The van der Waals surface area contributed by atoms with E-state index in [0.29, 0.717) is 5.57 Å². The van der Waals surface area contributed by atoms with Crippen LogP contribution in [0.1, 0.15) is 12.5 Å². The Balaban J connectivity index is 2.16. The Morgan fingerprint density at radius 3 is 3.05 bits per heavy atom. The lowest BCUT2D eigenvalue weighted by Gasteiger charge is -2.17. The molecule has 1 aliphatic rings. The van der Waals surface area contributed by atoms with Gasteiger partial charge in [0.15, 0.2) is 11.2 Å². The Hall–Kier alpha value is -2.22. The third kappa shape index (κ3) is 1.72. The first-order valence-corrected chi connectivity index (χ1v) is 6.19. The molecule has 3 atom stereocenters. The smallest absolute Gasteiger partial charge is 0.280 e. The van der Waals surface area contributed by atoms with Crippen LogP contribution in [-0.4, -0.2) is 37.4 Å². The number of aromatic amines is 1. The van der Waals surface area contributed by atoms with Gasteiger partial charge in [-0.3, -0.25) is 9.78 Å². The number of nitrogen functional groups attached to an aromatic ring is 1. The minimum absolute atomic E-state index is 0.0537. The summed E-state index contributed by atoms with van der Waals surface area (Å²) in [6, 6.07) is -0.689. The molecule has 0 spiro atoms. The van der Waals surface area contributed by atoms with Gasteiger partial charge in [-0.15, -0.1) is 0 Å². The van der Waals surface area contributed by atoms with E-state index < -0.39 is 17.8 Å². The third-order valence-corrected chi connectivity index (χ3v) is 3.73. The van der Waals surface area contributed by atoms with Gasteiger partial charge in [-0.1, -0.05) is 6.58 Å². The fourth-order valence-corrected chi connectivity index (χ4v) is 2.72. The van der Waals surface area contributed by atoms with Gasteiger partial charge in [0.1, 0.15) is 6.17 Å². The van der Waals surface area contributed by atoms with Crippen LogP contribution in [0, 0.1) is 5.92 Å². The van der Waals surface area contributed by atoms with Crippen molar-refractivity contribution >= 4 is 17.1 Å². The topological polar surface area (TPSA) is 110 Å². The fourth-order valence-electron chi connectivity index (χ4n) is 2.72. The normalized spacial score (nSPS) is 26.5. The first-order chi connectivity index (χ1) is 9.52. The van der Waals surface area contributed by atoms with Crippen molar-refractivity contribution in [3.8, 4) is 0 Å². The van der Waals surface area contributed by atoms with Crippen molar-refractivity contribution in [3.63, 3.8) is 0 Å². The lowest BCUT2D eigenvalue weighted by Crippen LogP contribution is -2.18. The maximum absolute atomic E-state index is 14.2. The molecule has 0 radical (unpaired) electrons. The number of hydrogen-bond acceptors (Lipinski definition) is 5. The molecule has 7 nitrogen and oxygen atoms in total. The molecule has 2 aromatic rings. The summed E-state index contributed by atoms with van der Waals surface area (Å²) >= 11 is 0. The van der Waals surface area contributed by atoms with Gasteiger partial charge in [0.05, 0.1) is 12.4 Å². The molecule has 1 saturated carbocycles. The fraction of sp³-hybridized carbons (Fsp3) is 0.417. The van der Waals surface area contributed by atoms with Crippen LogP contribution in [0.2, 0.25) is 0 Å². The number of nitrogens with one attached hydrogen (secondary N) is 1. The molecule has 0 bridgehead atoms. The predicted molar refractivity (Wildman–Crippen MR) is 70.8 cm³/mol. The maximum atomic E-state index is 14.2. The van der Waals surface area contributed by atoms with E-state index in [4.69, 9.17) is 5.73 Å². The summed E-state index contributed by atoms with van der Waals surface area (Å²) < 4.78 is 15.7. The number of halogens is 1. The quantitative estimate of drug-likeness (QED) is 0.678. The van der Waals surface area contributed by atoms with Gasteiger partial charge in [0, 0.05) is 12.5 Å². The monoisotopic (exact) mass is 279 g/mol. The molecule has 106 valence electrons. The molecule has 3 rings (SSSR count). The Morgan fingerprint density at radius 2 is 2.40 bits per heavy atom. The molecule has 1 fully saturated rings. The second-order valence-corrected chi connectivity index (χ2v) is 4.93. The number of rotatable bonds is 2. The highest BCUT2D eigenvalue weighted by atomic mass is 19.1. The molecule has 2 aromatic heterocycles. The first-order valence-electron chi connectivity index (χ1n) is 6.19. The number of alkyl halides is 1. The predicted octanol–water partition coefficient (Wildman–Crippen LogP) is 0.149. The van der Waals surface area contributed by atoms with Crippen molar-refractivity contribution in [2.45, 2.75) is 18.6 Å². The summed E-state index contributed by atoms with van der Waals surface area (Å²) in [5.41, 5.74) is 5.94. The van der Waals surface area contributed by atoms with Crippen molar-refractivity contribution in [2.75, 3.05) is 12.3 Å². The average molecular weight is 279 g/mol. The molecule has 20 heavy (non-hydrogen) atoms. The molecule has 1 aliphatic carbocycles. The highest BCUT2D eigenvalue weighted by Crippen LogP contribution is 2.41. The third-order valence-electron chi connectivity index (χ3n) is 3.73. The molecular formula is C12H14FN5O2. The molecular weight excluding hydrogens is 265 g/mol. The van der Waals surface area contributed by atoms with Gasteiger partial charge in [-0.05, 0) is 12.0 Å². The summed E-state index contributed by atoms with van der Waals surface area (Å²) in [7, 11) is 0. The Kier molecular flexibility index (Phi) is 2.82. The van der Waals surface area contributed by atoms with Gasteiger partial charge in [-0.25, -0.2) is 9.37 Å². The van der Waals surface area contributed by atoms with Crippen LogP contribution in [-0.2, 0) is 0 Å². The van der Waals surface area contributed by atoms with Gasteiger partial charge in [-0.2, -0.15) is 4.98 Å². The summed E-state index contributed by atoms with van der Waals surface area (Å²) in [5, 5.41) is 9.23. The van der Waals surface area contributed by atoms with Crippen molar-refractivity contribution in [1.29, 1.82) is 0 Å². The van der Waals surface area contributed by atoms with E-state index in [2.05, 4.69) is 21.5 Å². The molecule has 8 heteroatoms. The number of aliphatic hydroxyl groups excluding tert-OH is 1. The van der Waals surface area contributed by atoms with Gasteiger partial charge in [0.2, 0.25) is 5.95 Å². The second kappa shape index (κ2) is 4.41. The Morgan fingerprint density at radius 1 is 1.65 bits per heavy atom. The van der Waals surface area contributed by atoms with Gasteiger partial charge in [0.25, 0.3) is 5.56 Å². The average Bonchev–Trinajstić information content (AvgIpc) is 2.91. The van der Waals surface area contributed by atoms with E-state index in [-0.39, 0.29) is 36.1 Å². The lowest BCUT2D eigenvalue weighted by molar-refractivity contribution is 0.226. The zero-order chi connectivity index (χ0) is 14.4. The summed E-state index contributed by atoms with van der Waals surface area (Å²) in [4.78, 5) is 22.0. The number of aliphatic hydroxyl groups is 1. The van der Waals surface area contributed by atoms with Crippen LogP contribution in [0.25, 0.3) is 11.2 Å². The minimum Gasteiger partial charge on any atom is -0.396 e. The number of H-pyrrole nitrogens is 1. The largest absolute Gasteiger partial charge is 0.396 e. The number of hydrogen-bond donors (Lipinski definition) is 3. The molecule has 4 N–H and O–H groups in total. The zero-order valence-electron chi connectivity index (χ0n) is 10.6. The van der Waals surface area contributed by atoms with Crippen LogP contribution in [0.15, 0.2) is 23.3 Å². The van der Waals surface area contributed by atoms with Gasteiger partial charge < -0.3 is 15.4 Å². The summed E-state index contributed by atoms with van der Waals surface area (Å²) in [6.07, 6.45) is 0.340. The molecule has 0 aliphatic heterocycles. The van der Waals surface area contributed by atoms with E-state index in [1.807, 2.05) is 0 Å².